The van der Waals surface area contributed by atoms with Crippen LogP contribution in [0.4, 0.5) is 0 Å². The van der Waals surface area contributed by atoms with Gasteiger partial charge in [-0.1, -0.05) is 41.9 Å². The molecule has 0 amide bonds. The topological polar surface area (TPSA) is 26.3 Å². The van der Waals surface area contributed by atoms with E-state index in [1.807, 2.05) is 30.3 Å². The molecule has 0 radical (unpaired) electrons. The van der Waals surface area contributed by atoms with Crippen molar-refractivity contribution in [3.8, 4) is 5.75 Å². The zero-order chi connectivity index (χ0) is 12.8. The summed E-state index contributed by atoms with van der Waals surface area (Å²) < 4.78 is 5.67. The lowest BCUT2D eigenvalue weighted by molar-refractivity contribution is -0.104. The standard InChI is InChI=1S/C15H11ClO2/c16-13-6-8-14(9-7-13)18-15(10-11-17)12-4-2-1-3-5-12/h1-11H/b15-10+. The van der Waals surface area contributed by atoms with Crippen LogP contribution in [0.2, 0.25) is 5.02 Å². The summed E-state index contributed by atoms with van der Waals surface area (Å²) in [5, 5.41) is 0.642. The molecule has 18 heavy (non-hydrogen) atoms. The maximum Gasteiger partial charge on any atom is 0.146 e. The van der Waals surface area contributed by atoms with Crippen LogP contribution >= 0.6 is 11.6 Å². The van der Waals surface area contributed by atoms with E-state index in [9.17, 15) is 4.79 Å². The Morgan fingerprint density at radius 2 is 1.67 bits per heavy atom. The first-order valence-corrected chi connectivity index (χ1v) is 5.81. The van der Waals surface area contributed by atoms with Crippen molar-refractivity contribution < 1.29 is 9.53 Å². The molecule has 2 aromatic rings. The van der Waals surface area contributed by atoms with Gasteiger partial charge in [0.05, 0.1) is 0 Å². The lowest BCUT2D eigenvalue weighted by Crippen LogP contribution is -1.95. The van der Waals surface area contributed by atoms with Gasteiger partial charge >= 0.3 is 0 Å². The quantitative estimate of drug-likeness (QED) is 0.471. The summed E-state index contributed by atoms with van der Waals surface area (Å²) in [7, 11) is 0. The van der Waals surface area contributed by atoms with Gasteiger partial charge in [-0.15, -0.1) is 0 Å². The van der Waals surface area contributed by atoms with E-state index in [1.165, 1.54) is 6.08 Å². The molecule has 2 nitrogen and oxygen atoms in total. The molecule has 2 rings (SSSR count). The van der Waals surface area contributed by atoms with Crippen molar-refractivity contribution in [2.75, 3.05) is 0 Å². The van der Waals surface area contributed by atoms with Gasteiger partial charge < -0.3 is 4.74 Å². The Kier molecular flexibility index (Phi) is 4.15. The van der Waals surface area contributed by atoms with E-state index in [1.54, 1.807) is 24.3 Å². The third-order valence-corrected chi connectivity index (χ3v) is 2.57. The Bertz CT molecular complexity index is 544. The summed E-state index contributed by atoms with van der Waals surface area (Å²) in [4.78, 5) is 10.7. The molecule has 3 heteroatoms. The van der Waals surface area contributed by atoms with Crippen molar-refractivity contribution in [2.45, 2.75) is 0 Å². The van der Waals surface area contributed by atoms with E-state index < -0.39 is 0 Å². The van der Waals surface area contributed by atoms with Gasteiger partial charge in [0, 0.05) is 16.7 Å². The first kappa shape index (κ1) is 12.4. The Labute approximate surface area is 110 Å². The number of halogens is 1. The number of benzene rings is 2. The van der Waals surface area contributed by atoms with Crippen LogP contribution in [-0.2, 0) is 4.79 Å². The zero-order valence-electron chi connectivity index (χ0n) is 9.55. The number of hydrogen-bond donors (Lipinski definition) is 0. The third kappa shape index (κ3) is 3.22. The monoisotopic (exact) mass is 258 g/mol. The molecule has 0 N–H and O–H groups in total. The maximum absolute atomic E-state index is 10.7. The third-order valence-electron chi connectivity index (χ3n) is 2.32. The summed E-state index contributed by atoms with van der Waals surface area (Å²) in [6.45, 7) is 0. The minimum Gasteiger partial charge on any atom is -0.457 e. The Morgan fingerprint density at radius 3 is 2.28 bits per heavy atom. The summed E-state index contributed by atoms with van der Waals surface area (Å²) in [6, 6.07) is 16.4. The molecule has 0 unspecified atom stereocenters. The minimum atomic E-state index is 0.507. The SMILES string of the molecule is O=C/C=C(/Oc1ccc(Cl)cc1)c1ccccc1. The summed E-state index contributed by atoms with van der Waals surface area (Å²) in [5.74, 6) is 1.14. The number of allylic oxidation sites excluding steroid dienone is 1. The number of carbonyl (C=O) groups is 1. The van der Waals surface area contributed by atoms with Crippen molar-refractivity contribution in [3.05, 3.63) is 71.3 Å². The molecule has 90 valence electrons. The predicted octanol–water partition coefficient (Wildman–Crippen LogP) is 3.96. The number of aldehydes is 1. The second-order valence-electron chi connectivity index (χ2n) is 3.59. The van der Waals surface area contributed by atoms with Crippen LogP contribution in [0.5, 0.6) is 5.75 Å². The van der Waals surface area contributed by atoms with Crippen molar-refractivity contribution in [1.29, 1.82) is 0 Å². The summed E-state index contributed by atoms with van der Waals surface area (Å²) >= 11 is 5.80. The largest absolute Gasteiger partial charge is 0.457 e. The molecule has 0 bridgehead atoms. The highest BCUT2D eigenvalue weighted by Crippen LogP contribution is 2.22. The molecule has 0 aliphatic rings. The highest BCUT2D eigenvalue weighted by molar-refractivity contribution is 6.30. The fourth-order valence-corrected chi connectivity index (χ4v) is 1.61. The average Bonchev–Trinajstić information content (AvgIpc) is 2.42. The second-order valence-corrected chi connectivity index (χ2v) is 4.03. The summed E-state index contributed by atoms with van der Waals surface area (Å²) in [5.41, 5.74) is 0.847. The molecule has 0 spiro atoms. The molecule has 2 aromatic carbocycles. The van der Waals surface area contributed by atoms with E-state index in [4.69, 9.17) is 16.3 Å². The van der Waals surface area contributed by atoms with Gasteiger partial charge in [0.25, 0.3) is 0 Å². The fraction of sp³-hybridized carbons (Fsp3) is 0. The van der Waals surface area contributed by atoms with E-state index in [-0.39, 0.29) is 0 Å². The molecular weight excluding hydrogens is 248 g/mol. The van der Waals surface area contributed by atoms with Crippen molar-refractivity contribution in [3.63, 3.8) is 0 Å². The first-order valence-electron chi connectivity index (χ1n) is 5.44. The van der Waals surface area contributed by atoms with E-state index in [2.05, 4.69) is 0 Å². The molecular formula is C15H11ClO2. The predicted molar refractivity (Wildman–Crippen MR) is 72.6 cm³/mol. The number of hydrogen-bond acceptors (Lipinski definition) is 2. The fourth-order valence-electron chi connectivity index (χ4n) is 1.48. The molecule has 0 aliphatic heterocycles. The lowest BCUT2D eigenvalue weighted by Gasteiger charge is -2.09. The zero-order valence-corrected chi connectivity index (χ0v) is 10.3. The van der Waals surface area contributed by atoms with E-state index in [0.29, 0.717) is 22.8 Å². The van der Waals surface area contributed by atoms with Crippen LogP contribution in [0.1, 0.15) is 5.56 Å². The molecule has 0 saturated heterocycles. The van der Waals surface area contributed by atoms with Crippen LogP contribution in [0.25, 0.3) is 5.76 Å². The molecule has 0 atom stereocenters. The van der Waals surface area contributed by atoms with Gasteiger partial charge in [-0.3, -0.25) is 4.79 Å². The number of rotatable bonds is 4. The van der Waals surface area contributed by atoms with E-state index in [0.717, 1.165) is 5.56 Å². The highest BCUT2D eigenvalue weighted by Gasteiger charge is 2.03. The van der Waals surface area contributed by atoms with Gasteiger partial charge in [-0.2, -0.15) is 0 Å². The second kappa shape index (κ2) is 6.03. The molecule has 0 fully saturated rings. The molecule has 0 aliphatic carbocycles. The van der Waals surface area contributed by atoms with Crippen LogP contribution in [0.3, 0.4) is 0 Å². The number of ether oxygens (including phenoxy) is 1. The van der Waals surface area contributed by atoms with Gasteiger partial charge in [0.15, 0.2) is 0 Å². The average molecular weight is 259 g/mol. The lowest BCUT2D eigenvalue weighted by atomic mass is 10.2. The van der Waals surface area contributed by atoms with Crippen LogP contribution < -0.4 is 4.74 Å². The normalized spacial score (nSPS) is 11.1. The van der Waals surface area contributed by atoms with Crippen LogP contribution in [0.15, 0.2) is 60.7 Å². The minimum absolute atomic E-state index is 0.507. The van der Waals surface area contributed by atoms with E-state index >= 15 is 0 Å². The maximum atomic E-state index is 10.7. The van der Waals surface area contributed by atoms with Crippen LogP contribution in [0, 0.1) is 0 Å². The Hall–Kier alpha value is -2.06. The first-order chi connectivity index (χ1) is 8.79. The Balaban J connectivity index is 2.25. The Morgan fingerprint density at radius 1 is 1.00 bits per heavy atom. The highest BCUT2D eigenvalue weighted by atomic mass is 35.5. The molecule has 0 saturated carbocycles. The molecule has 0 heterocycles. The van der Waals surface area contributed by atoms with Gasteiger partial charge in [0.2, 0.25) is 0 Å². The van der Waals surface area contributed by atoms with Crippen molar-refractivity contribution in [1.82, 2.24) is 0 Å². The summed E-state index contributed by atoms with van der Waals surface area (Å²) in [6.07, 6.45) is 2.10. The van der Waals surface area contributed by atoms with Gasteiger partial charge in [-0.05, 0) is 24.3 Å². The smallest absolute Gasteiger partial charge is 0.146 e. The molecule has 0 aromatic heterocycles. The van der Waals surface area contributed by atoms with Crippen molar-refractivity contribution >= 4 is 23.6 Å². The van der Waals surface area contributed by atoms with Gasteiger partial charge in [0.1, 0.15) is 17.8 Å². The van der Waals surface area contributed by atoms with Crippen LogP contribution in [-0.4, -0.2) is 6.29 Å². The number of carbonyl (C=O) groups excluding carboxylic acids is 1. The van der Waals surface area contributed by atoms with Gasteiger partial charge in [-0.25, -0.2) is 0 Å². The van der Waals surface area contributed by atoms with Crippen molar-refractivity contribution in [2.24, 2.45) is 0 Å².